The van der Waals surface area contributed by atoms with Gasteiger partial charge in [-0.3, -0.25) is 4.79 Å². The minimum absolute atomic E-state index is 0.167. The van der Waals surface area contributed by atoms with Gasteiger partial charge in [-0.1, -0.05) is 30.3 Å². The van der Waals surface area contributed by atoms with Crippen molar-refractivity contribution in [3.05, 3.63) is 77.9 Å². The third kappa shape index (κ3) is 3.94. The number of ether oxygens (including phenoxy) is 1. The number of nitrogens with zero attached hydrogens (tertiary/aromatic N) is 3. The van der Waals surface area contributed by atoms with Crippen LogP contribution in [-0.4, -0.2) is 27.5 Å². The second-order valence-corrected chi connectivity index (χ2v) is 7.29. The molecule has 7 heteroatoms. The molecule has 148 valence electrons. The maximum absolute atomic E-state index is 13.3. The molecule has 2 aromatic heterocycles. The van der Waals surface area contributed by atoms with Crippen molar-refractivity contribution in [3.63, 3.8) is 0 Å². The van der Waals surface area contributed by atoms with Gasteiger partial charge >= 0.3 is 0 Å². The lowest BCUT2D eigenvalue weighted by molar-refractivity contribution is -0.117. The number of amides is 1. The van der Waals surface area contributed by atoms with E-state index in [2.05, 4.69) is 20.3 Å². The van der Waals surface area contributed by atoms with Gasteiger partial charge < -0.3 is 10.1 Å². The van der Waals surface area contributed by atoms with Gasteiger partial charge in [-0.25, -0.2) is 15.0 Å². The van der Waals surface area contributed by atoms with Crippen molar-refractivity contribution in [2.75, 3.05) is 11.9 Å². The van der Waals surface area contributed by atoms with E-state index in [1.807, 2.05) is 44.2 Å². The van der Waals surface area contributed by atoms with Crippen LogP contribution in [0.15, 0.2) is 54.9 Å². The summed E-state index contributed by atoms with van der Waals surface area (Å²) in [5.74, 6) is 0.202. The van der Waals surface area contributed by atoms with Crippen molar-refractivity contribution < 1.29 is 13.9 Å². The van der Waals surface area contributed by atoms with Gasteiger partial charge in [0, 0.05) is 23.4 Å². The van der Waals surface area contributed by atoms with Crippen LogP contribution in [0.2, 0.25) is 0 Å². The number of carbonyl (C=O) groups excluding carboxylic acids is 1. The van der Waals surface area contributed by atoms with Gasteiger partial charge in [-0.05, 0) is 31.9 Å². The fourth-order valence-electron chi connectivity index (χ4n) is 3.61. The predicted octanol–water partition coefficient (Wildman–Crippen LogP) is 3.60. The molecular weight excluding hydrogens is 371 g/mol. The molecule has 2 heterocycles. The van der Waals surface area contributed by atoms with Gasteiger partial charge in [0.05, 0.1) is 24.4 Å². The topological polar surface area (TPSA) is 77.0 Å². The van der Waals surface area contributed by atoms with Gasteiger partial charge in [0.2, 0.25) is 11.9 Å². The first-order chi connectivity index (χ1) is 14.0. The number of hydrogen-bond acceptors (Lipinski definition) is 5. The quantitative estimate of drug-likeness (QED) is 0.649. The summed E-state index contributed by atoms with van der Waals surface area (Å²) >= 11 is 0. The van der Waals surface area contributed by atoms with E-state index in [4.69, 9.17) is 4.74 Å². The Labute approximate surface area is 168 Å². The minimum atomic E-state index is -0.633. The summed E-state index contributed by atoms with van der Waals surface area (Å²) in [7, 11) is 0. The zero-order valence-corrected chi connectivity index (χ0v) is 16.2. The molecule has 1 saturated carbocycles. The highest BCUT2D eigenvalue weighted by molar-refractivity contribution is 5.96. The highest BCUT2D eigenvalue weighted by Crippen LogP contribution is 2.55. The molecule has 1 fully saturated rings. The smallest absolute Gasteiger partial charge is 0.228 e. The second kappa shape index (κ2) is 7.58. The summed E-state index contributed by atoms with van der Waals surface area (Å²) in [6, 6.07) is 12.6. The van der Waals surface area contributed by atoms with E-state index in [9.17, 15) is 9.18 Å². The molecule has 29 heavy (non-hydrogen) atoms. The van der Waals surface area contributed by atoms with Gasteiger partial charge in [-0.15, -0.1) is 0 Å². The molecular formula is C22H21FN4O2. The van der Waals surface area contributed by atoms with Crippen LogP contribution in [0.3, 0.4) is 0 Å². The first-order valence-corrected chi connectivity index (χ1v) is 9.39. The Morgan fingerprint density at radius 2 is 2.03 bits per heavy atom. The molecule has 1 amide bonds. The number of carbonyl (C=O) groups is 1. The van der Waals surface area contributed by atoms with Crippen LogP contribution < -0.4 is 10.1 Å². The van der Waals surface area contributed by atoms with Crippen LogP contribution in [0, 0.1) is 25.7 Å². The number of anilines is 1. The number of aryl methyl sites for hydroxylation is 2. The number of nitrogens with one attached hydrogen (secondary N) is 1. The normalized spacial score (nSPS) is 20.2. The van der Waals surface area contributed by atoms with Crippen LogP contribution in [0.4, 0.5) is 10.1 Å². The van der Waals surface area contributed by atoms with E-state index < -0.39 is 11.4 Å². The fourth-order valence-corrected chi connectivity index (χ4v) is 3.61. The summed E-state index contributed by atoms with van der Waals surface area (Å²) < 4.78 is 19.4. The number of rotatable bonds is 6. The number of benzene rings is 1. The molecule has 0 spiro atoms. The lowest BCUT2D eigenvalue weighted by Gasteiger charge is -2.19. The van der Waals surface area contributed by atoms with E-state index in [-0.39, 0.29) is 11.8 Å². The van der Waals surface area contributed by atoms with Crippen molar-refractivity contribution in [1.29, 1.82) is 0 Å². The average Bonchev–Trinajstić information content (AvgIpc) is 3.44. The first kappa shape index (κ1) is 19.0. The van der Waals surface area contributed by atoms with E-state index in [1.165, 1.54) is 12.3 Å². The summed E-state index contributed by atoms with van der Waals surface area (Å²) in [5.41, 5.74) is 1.73. The highest BCUT2D eigenvalue weighted by Gasteiger charge is 2.60. The van der Waals surface area contributed by atoms with Crippen molar-refractivity contribution >= 4 is 11.6 Å². The molecule has 6 nitrogen and oxygen atoms in total. The van der Waals surface area contributed by atoms with E-state index in [0.717, 1.165) is 11.3 Å². The molecule has 1 aromatic carbocycles. The largest absolute Gasteiger partial charge is 0.489 e. The number of hydrogen-bond donors (Lipinski definition) is 1. The van der Waals surface area contributed by atoms with Crippen LogP contribution in [0.5, 0.6) is 5.75 Å². The Morgan fingerprint density at radius 3 is 2.76 bits per heavy atom. The molecule has 1 aliphatic rings. The van der Waals surface area contributed by atoms with E-state index in [0.29, 0.717) is 30.3 Å². The van der Waals surface area contributed by atoms with Gasteiger partial charge in [-0.2, -0.15) is 4.39 Å². The Hall–Kier alpha value is -3.35. The molecule has 0 unspecified atom stereocenters. The molecule has 0 saturated heterocycles. The third-order valence-electron chi connectivity index (χ3n) is 5.27. The van der Waals surface area contributed by atoms with Crippen LogP contribution >= 0.6 is 0 Å². The Morgan fingerprint density at radius 1 is 1.24 bits per heavy atom. The molecule has 0 bridgehead atoms. The monoisotopic (exact) mass is 392 g/mol. The molecule has 0 radical (unpaired) electrons. The number of halogens is 1. The van der Waals surface area contributed by atoms with Gasteiger partial charge in [0.1, 0.15) is 5.82 Å². The summed E-state index contributed by atoms with van der Waals surface area (Å²) in [6.45, 7) is 4.02. The molecule has 1 aliphatic carbocycles. The second-order valence-electron chi connectivity index (χ2n) is 7.29. The maximum atomic E-state index is 13.3. The van der Waals surface area contributed by atoms with E-state index in [1.54, 1.807) is 12.3 Å². The Bertz CT molecular complexity index is 1040. The number of aromatic nitrogens is 3. The third-order valence-corrected chi connectivity index (χ3v) is 5.27. The first-order valence-electron chi connectivity index (χ1n) is 9.39. The summed E-state index contributed by atoms with van der Waals surface area (Å²) in [4.78, 5) is 24.9. The van der Waals surface area contributed by atoms with Gasteiger partial charge in [0.25, 0.3) is 0 Å². The number of pyridine rings is 1. The molecule has 0 aliphatic heterocycles. The van der Waals surface area contributed by atoms with Crippen LogP contribution in [0.25, 0.3) is 0 Å². The maximum Gasteiger partial charge on any atom is 0.228 e. The zero-order valence-electron chi connectivity index (χ0n) is 16.2. The Kier molecular flexibility index (Phi) is 4.96. The molecule has 1 N–H and O–H groups in total. The predicted molar refractivity (Wildman–Crippen MR) is 106 cm³/mol. The van der Waals surface area contributed by atoms with Crippen molar-refractivity contribution in [2.24, 2.45) is 5.92 Å². The SMILES string of the molecule is Cc1ncc(OC[C@@]2(c3ccccc3)C[C@H]2C(=O)Nc2ccnc(F)c2)c(C)n1. The van der Waals surface area contributed by atoms with Crippen molar-refractivity contribution in [3.8, 4) is 5.75 Å². The van der Waals surface area contributed by atoms with Crippen molar-refractivity contribution in [2.45, 2.75) is 25.7 Å². The van der Waals surface area contributed by atoms with Crippen LogP contribution in [0.1, 0.15) is 23.5 Å². The molecule has 2 atom stereocenters. The standard InChI is InChI=1S/C22H21FN4O2/c1-14-19(12-25-15(2)26-14)29-13-22(16-6-4-3-5-7-16)11-18(22)21(28)27-17-8-9-24-20(23)10-17/h3-10,12,18H,11,13H2,1-2H3,(H,24,27,28)/t18-,22+/m0/s1. The minimum Gasteiger partial charge on any atom is -0.489 e. The van der Waals surface area contributed by atoms with Gasteiger partial charge in [0.15, 0.2) is 5.75 Å². The Balaban J connectivity index is 1.54. The summed E-state index contributed by atoms with van der Waals surface area (Å²) in [6.07, 6.45) is 3.63. The zero-order chi connectivity index (χ0) is 20.4. The lowest BCUT2D eigenvalue weighted by atomic mass is 9.93. The van der Waals surface area contributed by atoms with Crippen molar-refractivity contribution in [1.82, 2.24) is 15.0 Å². The van der Waals surface area contributed by atoms with E-state index >= 15 is 0 Å². The molecule has 4 rings (SSSR count). The van der Waals surface area contributed by atoms with Crippen LogP contribution in [-0.2, 0) is 10.2 Å². The average molecular weight is 392 g/mol. The fraction of sp³-hybridized carbons (Fsp3) is 0.273. The highest BCUT2D eigenvalue weighted by atomic mass is 19.1. The lowest BCUT2D eigenvalue weighted by Crippen LogP contribution is -2.26. The summed E-state index contributed by atoms with van der Waals surface area (Å²) in [5, 5.41) is 2.79. The molecule has 3 aromatic rings.